The Morgan fingerprint density at radius 3 is 2.18 bits per heavy atom. The van der Waals surface area contributed by atoms with Gasteiger partial charge in [0.25, 0.3) is 0 Å². The molecule has 0 amide bonds. The second-order valence-corrected chi connectivity index (χ2v) is 4.85. The highest BCUT2D eigenvalue weighted by Gasteiger charge is 2.19. The largest absolute Gasteiger partial charge is 0.380 e. The van der Waals surface area contributed by atoms with E-state index in [0.717, 1.165) is 31.7 Å². The lowest BCUT2D eigenvalue weighted by Gasteiger charge is -2.27. The molecule has 0 saturated heterocycles. The minimum absolute atomic E-state index is 0.0588. The van der Waals surface area contributed by atoms with E-state index >= 15 is 0 Å². The van der Waals surface area contributed by atoms with Crippen molar-refractivity contribution in [2.45, 2.75) is 38.6 Å². The summed E-state index contributed by atoms with van der Waals surface area (Å²) in [5.41, 5.74) is 0.0588. The molecule has 0 aliphatic heterocycles. The second kappa shape index (κ2) is 4.98. The van der Waals surface area contributed by atoms with Crippen LogP contribution >= 0.6 is 0 Å². The van der Waals surface area contributed by atoms with Gasteiger partial charge in [-0.05, 0) is 31.6 Å². The van der Waals surface area contributed by atoms with E-state index in [2.05, 4.69) is 12.2 Å². The Hall–Kier alpha value is -1.19. The van der Waals surface area contributed by atoms with E-state index in [9.17, 15) is 13.2 Å². The highest BCUT2D eigenvalue weighted by Crippen LogP contribution is 2.27. The number of halogens is 3. The first-order valence-corrected chi connectivity index (χ1v) is 5.97. The first-order valence-electron chi connectivity index (χ1n) is 5.97. The summed E-state index contributed by atoms with van der Waals surface area (Å²) in [5.74, 6) is -2.20. The smallest absolute Gasteiger partial charge is 0.161 e. The van der Waals surface area contributed by atoms with Gasteiger partial charge in [0.1, 0.15) is 5.82 Å². The first-order chi connectivity index (χ1) is 8.06. The van der Waals surface area contributed by atoms with Gasteiger partial charge in [-0.2, -0.15) is 0 Å². The minimum atomic E-state index is -1.15. The first kappa shape index (κ1) is 12.3. The number of hydrogen-bond donors (Lipinski definition) is 1. The zero-order valence-electron chi connectivity index (χ0n) is 9.77. The number of benzene rings is 1. The van der Waals surface area contributed by atoms with Gasteiger partial charge in [0.05, 0.1) is 5.69 Å². The number of hydrogen-bond acceptors (Lipinski definition) is 1. The quantitative estimate of drug-likeness (QED) is 0.771. The van der Waals surface area contributed by atoms with Crippen molar-refractivity contribution in [3.63, 3.8) is 0 Å². The van der Waals surface area contributed by atoms with Gasteiger partial charge in [0, 0.05) is 18.2 Å². The van der Waals surface area contributed by atoms with E-state index in [1.165, 1.54) is 0 Å². The fourth-order valence-electron chi connectivity index (χ4n) is 2.26. The minimum Gasteiger partial charge on any atom is -0.380 e. The lowest BCUT2D eigenvalue weighted by atomic mass is 9.87. The van der Waals surface area contributed by atoms with E-state index in [1.807, 2.05) is 0 Å². The summed E-state index contributed by atoms with van der Waals surface area (Å²) in [6.45, 7) is 2.19. The third-order valence-corrected chi connectivity index (χ3v) is 3.39. The van der Waals surface area contributed by atoms with Gasteiger partial charge in [-0.15, -0.1) is 0 Å². The van der Waals surface area contributed by atoms with E-state index in [1.54, 1.807) is 0 Å². The summed E-state index contributed by atoms with van der Waals surface area (Å²) in [5, 5.41) is 2.96. The van der Waals surface area contributed by atoms with Gasteiger partial charge in [-0.1, -0.05) is 6.92 Å². The Labute approximate surface area is 99.0 Å². The standard InChI is InChI=1S/C13H16F3N/c1-8-2-4-9(5-3-8)17-13-7-11(15)10(14)6-12(13)16/h6-9,17H,2-5H2,1H3. The fraction of sp³-hybridized carbons (Fsp3) is 0.538. The molecule has 2 rings (SSSR count). The summed E-state index contributed by atoms with van der Waals surface area (Å²) in [7, 11) is 0. The molecule has 0 bridgehead atoms. The lowest BCUT2D eigenvalue weighted by molar-refractivity contribution is 0.360. The fourth-order valence-corrected chi connectivity index (χ4v) is 2.26. The van der Waals surface area contributed by atoms with Crippen LogP contribution < -0.4 is 5.32 Å². The van der Waals surface area contributed by atoms with Crippen LogP contribution in [-0.2, 0) is 0 Å². The highest BCUT2D eigenvalue weighted by atomic mass is 19.2. The van der Waals surface area contributed by atoms with E-state index in [-0.39, 0.29) is 11.7 Å². The second-order valence-electron chi connectivity index (χ2n) is 4.85. The molecule has 1 fully saturated rings. The van der Waals surface area contributed by atoms with Crippen LogP contribution in [-0.4, -0.2) is 6.04 Å². The Bertz CT molecular complexity index is 398. The molecule has 0 aromatic heterocycles. The van der Waals surface area contributed by atoms with Gasteiger partial charge < -0.3 is 5.32 Å². The van der Waals surface area contributed by atoms with Crippen LogP contribution in [0, 0.1) is 23.4 Å². The summed E-state index contributed by atoms with van der Waals surface area (Å²) in [4.78, 5) is 0. The summed E-state index contributed by atoms with van der Waals surface area (Å²) in [6.07, 6.45) is 4.06. The van der Waals surface area contributed by atoms with Crippen LogP contribution in [0.5, 0.6) is 0 Å². The van der Waals surface area contributed by atoms with Crippen molar-refractivity contribution >= 4 is 5.69 Å². The molecule has 0 atom stereocenters. The molecule has 1 aliphatic carbocycles. The Balaban J connectivity index is 2.06. The molecule has 0 heterocycles. The monoisotopic (exact) mass is 243 g/mol. The van der Waals surface area contributed by atoms with Crippen LogP contribution in [0.2, 0.25) is 0 Å². The Morgan fingerprint density at radius 1 is 0.941 bits per heavy atom. The van der Waals surface area contributed by atoms with Crippen molar-refractivity contribution in [3.05, 3.63) is 29.6 Å². The van der Waals surface area contributed by atoms with Crippen LogP contribution in [0.3, 0.4) is 0 Å². The molecule has 1 nitrogen and oxygen atoms in total. The maximum absolute atomic E-state index is 13.4. The van der Waals surface area contributed by atoms with Gasteiger partial charge in [0.15, 0.2) is 11.6 Å². The summed E-state index contributed by atoms with van der Waals surface area (Å²) < 4.78 is 39.1. The molecule has 1 saturated carbocycles. The average molecular weight is 243 g/mol. The van der Waals surface area contributed by atoms with E-state index < -0.39 is 17.5 Å². The lowest BCUT2D eigenvalue weighted by Crippen LogP contribution is -2.25. The van der Waals surface area contributed by atoms with Crippen molar-refractivity contribution in [2.24, 2.45) is 5.92 Å². The molecule has 1 aliphatic rings. The molecule has 0 unspecified atom stereocenters. The molecule has 94 valence electrons. The van der Waals surface area contributed by atoms with Crippen molar-refractivity contribution in [3.8, 4) is 0 Å². The number of nitrogens with one attached hydrogen (secondary N) is 1. The van der Waals surface area contributed by atoms with Crippen molar-refractivity contribution in [1.29, 1.82) is 0 Å². The van der Waals surface area contributed by atoms with Crippen molar-refractivity contribution in [2.75, 3.05) is 5.32 Å². The third-order valence-electron chi connectivity index (χ3n) is 3.39. The van der Waals surface area contributed by atoms with Crippen LogP contribution in [0.1, 0.15) is 32.6 Å². The SMILES string of the molecule is CC1CCC(Nc2cc(F)c(F)cc2F)CC1. The van der Waals surface area contributed by atoms with E-state index in [4.69, 9.17) is 0 Å². The highest BCUT2D eigenvalue weighted by molar-refractivity contribution is 5.46. The summed E-state index contributed by atoms with van der Waals surface area (Å²) >= 11 is 0. The van der Waals surface area contributed by atoms with Crippen LogP contribution in [0.4, 0.5) is 18.9 Å². The molecule has 0 radical (unpaired) electrons. The molecular weight excluding hydrogens is 227 g/mol. The maximum atomic E-state index is 13.4. The average Bonchev–Trinajstić information content (AvgIpc) is 2.29. The molecule has 17 heavy (non-hydrogen) atoms. The number of rotatable bonds is 2. The Kier molecular flexibility index (Phi) is 3.60. The zero-order chi connectivity index (χ0) is 12.4. The molecule has 1 N–H and O–H groups in total. The van der Waals surface area contributed by atoms with Crippen LogP contribution in [0.25, 0.3) is 0 Å². The van der Waals surface area contributed by atoms with Gasteiger partial charge >= 0.3 is 0 Å². The predicted octanol–water partition coefficient (Wildman–Crippen LogP) is 4.09. The molecule has 4 heteroatoms. The molecular formula is C13H16F3N. The molecule has 0 spiro atoms. The number of anilines is 1. The normalized spacial score (nSPS) is 24.7. The van der Waals surface area contributed by atoms with Gasteiger partial charge in [-0.25, -0.2) is 13.2 Å². The summed E-state index contributed by atoms with van der Waals surface area (Å²) in [6, 6.07) is 1.64. The molecule has 1 aromatic carbocycles. The van der Waals surface area contributed by atoms with Gasteiger partial charge in [-0.3, -0.25) is 0 Å². The zero-order valence-corrected chi connectivity index (χ0v) is 9.77. The maximum Gasteiger partial charge on any atom is 0.161 e. The van der Waals surface area contributed by atoms with Crippen molar-refractivity contribution in [1.82, 2.24) is 0 Å². The topological polar surface area (TPSA) is 12.0 Å². The van der Waals surface area contributed by atoms with Crippen LogP contribution in [0.15, 0.2) is 12.1 Å². The van der Waals surface area contributed by atoms with Crippen molar-refractivity contribution < 1.29 is 13.2 Å². The third kappa shape index (κ3) is 2.93. The predicted molar refractivity (Wildman–Crippen MR) is 61.4 cm³/mol. The van der Waals surface area contributed by atoms with E-state index in [0.29, 0.717) is 12.0 Å². The molecule has 1 aromatic rings. The Morgan fingerprint density at radius 2 is 1.53 bits per heavy atom. The van der Waals surface area contributed by atoms with Gasteiger partial charge in [0.2, 0.25) is 0 Å².